The van der Waals surface area contributed by atoms with Crippen LogP contribution in [0.5, 0.6) is 0 Å². The van der Waals surface area contributed by atoms with Crippen molar-refractivity contribution in [2.24, 2.45) is 5.73 Å². The molecular weight excluding hydrogens is 398 g/mol. The second-order valence-electron chi connectivity index (χ2n) is 8.56. The largest absolute Gasteiger partial charge is 0.349 e. The predicted molar refractivity (Wildman–Crippen MR) is 120 cm³/mol. The van der Waals surface area contributed by atoms with Crippen molar-refractivity contribution in [1.82, 2.24) is 20.1 Å². The molecular formula is C23H28ClN5O. The van der Waals surface area contributed by atoms with Crippen molar-refractivity contribution in [1.29, 1.82) is 0 Å². The maximum Gasteiger partial charge on any atom is 0.253 e. The second-order valence-corrected chi connectivity index (χ2v) is 9.00. The van der Waals surface area contributed by atoms with Crippen LogP contribution in [0.2, 0.25) is 5.02 Å². The Morgan fingerprint density at radius 3 is 2.73 bits per heavy atom. The highest BCUT2D eigenvalue weighted by atomic mass is 35.5. The lowest BCUT2D eigenvalue weighted by Crippen LogP contribution is -2.45. The number of halogens is 1. The van der Waals surface area contributed by atoms with Crippen LogP contribution in [0, 0.1) is 0 Å². The van der Waals surface area contributed by atoms with E-state index >= 15 is 0 Å². The van der Waals surface area contributed by atoms with E-state index in [1.165, 1.54) is 5.56 Å². The van der Waals surface area contributed by atoms with Gasteiger partial charge in [0.1, 0.15) is 0 Å². The van der Waals surface area contributed by atoms with E-state index in [0.29, 0.717) is 12.1 Å². The molecule has 2 aromatic heterocycles. The maximum atomic E-state index is 12.8. The van der Waals surface area contributed by atoms with E-state index in [-0.39, 0.29) is 23.4 Å². The fourth-order valence-electron chi connectivity index (χ4n) is 4.45. The van der Waals surface area contributed by atoms with Gasteiger partial charge in [0.15, 0.2) is 5.65 Å². The molecule has 1 aromatic carbocycles. The first-order valence-electron chi connectivity index (χ1n) is 10.5. The molecule has 1 amide bonds. The fraction of sp³-hybridized carbons (Fsp3) is 0.435. The fourth-order valence-corrected chi connectivity index (χ4v) is 4.64. The zero-order valence-electron chi connectivity index (χ0n) is 17.4. The van der Waals surface area contributed by atoms with E-state index in [9.17, 15) is 4.79 Å². The third-order valence-electron chi connectivity index (χ3n) is 6.29. The Kier molecular flexibility index (Phi) is 5.80. The lowest BCUT2D eigenvalue weighted by atomic mass is 9.68. The van der Waals surface area contributed by atoms with Gasteiger partial charge in [0.2, 0.25) is 0 Å². The molecule has 7 heteroatoms. The van der Waals surface area contributed by atoms with Crippen LogP contribution in [0.15, 0.2) is 42.7 Å². The molecule has 0 atom stereocenters. The molecule has 0 bridgehead atoms. The number of benzene rings is 1. The van der Waals surface area contributed by atoms with Gasteiger partial charge in [-0.1, -0.05) is 23.7 Å². The number of pyridine rings is 1. The Balaban J connectivity index is 1.43. The molecule has 0 radical (unpaired) electrons. The van der Waals surface area contributed by atoms with Crippen LogP contribution in [-0.2, 0) is 5.41 Å². The number of hydrogen-bond acceptors (Lipinski definition) is 4. The van der Waals surface area contributed by atoms with E-state index in [0.717, 1.165) is 41.7 Å². The first kappa shape index (κ1) is 20.8. The number of carbonyl (C=O) groups excluding carboxylic acids is 1. The van der Waals surface area contributed by atoms with Crippen LogP contribution in [0.3, 0.4) is 0 Å². The van der Waals surface area contributed by atoms with Crippen molar-refractivity contribution < 1.29 is 4.79 Å². The van der Waals surface area contributed by atoms with Crippen molar-refractivity contribution in [3.63, 3.8) is 0 Å². The van der Waals surface area contributed by atoms with Gasteiger partial charge >= 0.3 is 0 Å². The summed E-state index contributed by atoms with van der Waals surface area (Å²) in [5.41, 5.74) is 8.68. The van der Waals surface area contributed by atoms with Crippen LogP contribution in [0.4, 0.5) is 0 Å². The minimum Gasteiger partial charge on any atom is -0.349 e. The van der Waals surface area contributed by atoms with Crippen LogP contribution in [0.1, 0.15) is 61.5 Å². The Morgan fingerprint density at radius 2 is 2.07 bits per heavy atom. The molecule has 3 aromatic rings. The molecule has 1 saturated carbocycles. The Labute approximate surface area is 181 Å². The number of carbonyl (C=O) groups is 1. The number of nitrogens with one attached hydrogen (secondary N) is 1. The van der Waals surface area contributed by atoms with E-state index in [1.807, 2.05) is 28.9 Å². The van der Waals surface area contributed by atoms with Gasteiger partial charge in [0, 0.05) is 40.6 Å². The molecule has 1 aliphatic carbocycles. The Morgan fingerprint density at radius 1 is 1.30 bits per heavy atom. The number of aromatic nitrogens is 3. The van der Waals surface area contributed by atoms with Gasteiger partial charge in [-0.3, -0.25) is 4.79 Å². The summed E-state index contributed by atoms with van der Waals surface area (Å²) in [7, 11) is 0. The van der Waals surface area contributed by atoms with Crippen LogP contribution in [0.25, 0.3) is 11.0 Å². The highest BCUT2D eigenvalue weighted by molar-refractivity contribution is 6.30. The molecule has 0 saturated heterocycles. The van der Waals surface area contributed by atoms with E-state index in [1.54, 1.807) is 12.4 Å². The molecule has 6 nitrogen and oxygen atoms in total. The quantitative estimate of drug-likeness (QED) is 0.640. The SMILES string of the molecule is CC(C)n1ncc2cc(C(=O)NC3CCC(CN)(c4cccc(Cl)c4)CC3)cnc21. The topological polar surface area (TPSA) is 85.8 Å². The van der Waals surface area contributed by atoms with Gasteiger partial charge in [-0.05, 0) is 63.3 Å². The maximum absolute atomic E-state index is 12.8. The van der Waals surface area contributed by atoms with Crippen molar-refractivity contribution >= 4 is 28.5 Å². The molecule has 3 N–H and O–H groups in total. The monoisotopic (exact) mass is 425 g/mol. The zero-order valence-corrected chi connectivity index (χ0v) is 18.2. The van der Waals surface area contributed by atoms with E-state index in [2.05, 4.69) is 35.3 Å². The molecule has 2 heterocycles. The average molecular weight is 426 g/mol. The third-order valence-corrected chi connectivity index (χ3v) is 6.53. The van der Waals surface area contributed by atoms with E-state index < -0.39 is 0 Å². The van der Waals surface area contributed by atoms with Crippen molar-refractivity contribution in [2.45, 2.75) is 57.0 Å². The first-order chi connectivity index (χ1) is 14.4. The van der Waals surface area contributed by atoms with Gasteiger partial charge in [0.05, 0.1) is 11.8 Å². The van der Waals surface area contributed by atoms with Gasteiger partial charge < -0.3 is 11.1 Å². The second kappa shape index (κ2) is 8.36. The number of hydrogen-bond donors (Lipinski definition) is 2. The minimum absolute atomic E-state index is 0.0714. The molecule has 1 fully saturated rings. The predicted octanol–water partition coefficient (Wildman–Crippen LogP) is 4.23. The third kappa shape index (κ3) is 3.94. The normalized spacial score (nSPS) is 21.8. The summed E-state index contributed by atoms with van der Waals surface area (Å²) in [4.78, 5) is 17.3. The van der Waals surface area contributed by atoms with Gasteiger partial charge in [-0.25, -0.2) is 9.67 Å². The number of rotatable bonds is 5. The number of fused-ring (bicyclic) bond motifs is 1. The van der Waals surface area contributed by atoms with Crippen LogP contribution in [-0.4, -0.2) is 33.3 Å². The summed E-state index contributed by atoms with van der Waals surface area (Å²) in [6.07, 6.45) is 7.02. The highest BCUT2D eigenvalue weighted by Crippen LogP contribution is 2.39. The Hall–Kier alpha value is -2.44. The van der Waals surface area contributed by atoms with Gasteiger partial charge in [-0.15, -0.1) is 0 Å². The zero-order chi connectivity index (χ0) is 21.3. The average Bonchev–Trinajstić information content (AvgIpc) is 3.18. The van der Waals surface area contributed by atoms with Gasteiger partial charge in [0.25, 0.3) is 5.91 Å². The van der Waals surface area contributed by atoms with Gasteiger partial charge in [-0.2, -0.15) is 5.10 Å². The minimum atomic E-state index is -0.0882. The first-order valence-corrected chi connectivity index (χ1v) is 10.9. The molecule has 0 aliphatic heterocycles. The molecule has 4 rings (SSSR count). The van der Waals surface area contributed by atoms with Crippen LogP contribution >= 0.6 is 11.6 Å². The lowest BCUT2D eigenvalue weighted by molar-refractivity contribution is 0.0917. The summed E-state index contributed by atoms with van der Waals surface area (Å²) >= 11 is 6.20. The molecule has 30 heavy (non-hydrogen) atoms. The number of amides is 1. The standard InChI is InChI=1S/C23H28ClN5O/c1-15(2)29-21-16(13-27-29)10-17(12-26-21)22(30)28-20-6-8-23(14-25,9-7-20)18-4-3-5-19(24)11-18/h3-5,10-13,15,20H,6-9,14,25H2,1-2H3,(H,28,30). The summed E-state index contributed by atoms with van der Waals surface area (Å²) in [5.74, 6) is -0.0882. The summed E-state index contributed by atoms with van der Waals surface area (Å²) in [5, 5.41) is 9.17. The highest BCUT2D eigenvalue weighted by Gasteiger charge is 2.36. The summed E-state index contributed by atoms with van der Waals surface area (Å²) in [6, 6.07) is 10.2. The van der Waals surface area contributed by atoms with E-state index in [4.69, 9.17) is 17.3 Å². The van der Waals surface area contributed by atoms with Crippen LogP contribution < -0.4 is 11.1 Å². The summed E-state index contributed by atoms with van der Waals surface area (Å²) in [6.45, 7) is 4.69. The lowest BCUT2D eigenvalue weighted by Gasteiger charge is -2.40. The van der Waals surface area contributed by atoms with Crippen molar-refractivity contribution in [2.75, 3.05) is 6.54 Å². The molecule has 158 valence electrons. The molecule has 1 aliphatic rings. The smallest absolute Gasteiger partial charge is 0.253 e. The number of nitrogens with zero attached hydrogens (tertiary/aromatic N) is 3. The molecule has 0 unspecified atom stereocenters. The van der Waals surface area contributed by atoms with Crippen molar-refractivity contribution in [3.05, 3.63) is 58.9 Å². The Bertz CT molecular complexity index is 1050. The summed E-state index contributed by atoms with van der Waals surface area (Å²) < 4.78 is 1.86. The van der Waals surface area contributed by atoms with Crippen molar-refractivity contribution in [3.8, 4) is 0 Å². The number of nitrogens with two attached hydrogens (primary N) is 1. The molecule has 0 spiro atoms.